The van der Waals surface area contributed by atoms with Crippen LogP contribution in [0.5, 0.6) is 5.75 Å². The molecule has 8 heteroatoms. The molecule has 0 saturated heterocycles. The number of carbonyl (C=O) groups excluding carboxylic acids is 1. The molecule has 0 aliphatic carbocycles. The molecule has 2 aromatic heterocycles. The lowest BCUT2D eigenvalue weighted by Gasteiger charge is -2.04. The third kappa shape index (κ3) is 5.34. The quantitative estimate of drug-likeness (QED) is 0.218. The largest absolute Gasteiger partial charge is 0.497 e. The first kappa shape index (κ1) is 21.1. The van der Waals surface area contributed by atoms with Crippen LogP contribution in [0.1, 0.15) is 12.8 Å². The fourth-order valence-corrected chi connectivity index (χ4v) is 4.55. The Kier molecular flexibility index (Phi) is 6.69. The molecule has 0 aliphatic heterocycles. The van der Waals surface area contributed by atoms with E-state index in [1.54, 1.807) is 36.4 Å². The highest BCUT2D eigenvalue weighted by Crippen LogP contribution is 2.26. The molecule has 4 rings (SSSR count). The van der Waals surface area contributed by atoms with Crippen LogP contribution >= 0.6 is 23.1 Å². The second-order valence-corrected chi connectivity index (χ2v) is 8.73. The second kappa shape index (κ2) is 9.80. The average Bonchev–Trinajstić information content (AvgIpc) is 3.24. The van der Waals surface area contributed by atoms with E-state index in [0.29, 0.717) is 28.4 Å². The molecule has 0 atom stereocenters. The van der Waals surface area contributed by atoms with Gasteiger partial charge in [0.2, 0.25) is 5.91 Å². The molecule has 0 bridgehead atoms. The lowest BCUT2D eigenvalue weighted by atomic mass is 10.1. The first-order valence-corrected chi connectivity index (χ1v) is 11.5. The van der Waals surface area contributed by atoms with Crippen molar-refractivity contribution < 1.29 is 13.9 Å². The number of nitrogens with zero attached hydrogens (tertiary/aromatic N) is 1. The van der Waals surface area contributed by atoms with Crippen molar-refractivity contribution >= 4 is 45.1 Å². The van der Waals surface area contributed by atoms with Gasteiger partial charge in [0.15, 0.2) is 5.13 Å². The summed E-state index contributed by atoms with van der Waals surface area (Å²) in [4.78, 5) is 30.1. The minimum atomic E-state index is -0.447. The van der Waals surface area contributed by atoms with E-state index in [1.165, 1.54) is 11.3 Å². The van der Waals surface area contributed by atoms with E-state index in [-0.39, 0.29) is 5.91 Å². The lowest BCUT2D eigenvalue weighted by Crippen LogP contribution is -2.11. The van der Waals surface area contributed by atoms with Gasteiger partial charge in [0.1, 0.15) is 11.3 Å². The summed E-state index contributed by atoms with van der Waals surface area (Å²) in [6, 6.07) is 16.9. The maximum absolute atomic E-state index is 12.3. The van der Waals surface area contributed by atoms with Crippen LogP contribution in [0.15, 0.2) is 74.1 Å². The minimum absolute atomic E-state index is 0.0956. The van der Waals surface area contributed by atoms with Gasteiger partial charge in [0, 0.05) is 22.1 Å². The van der Waals surface area contributed by atoms with Gasteiger partial charge in [-0.05, 0) is 48.6 Å². The highest BCUT2D eigenvalue weighted by atomic mass is 32.2. The number of hydrogen-bond acceptors (Lipinski definition) is 7. The molecule has 158 valence electrons. The molecule has 4 aromatic rings. The highest BCUT2D eigenvalue weighted by molar-refractivity contribution is 7.99. The Morgan fingerprint density at radius 1 is 1.19 bits per heavy atom. The Hall–Kier alpha value is -3.10. The summed E-state index contributed by atoms with van der Waals surface area (Å²) < 4.78 is 10.5. The van der Waals surface area contributed by atoms with E-state index in [4.69, 9.17) is 9.15 Å². The Labute approximate surface area is 187 Å². The van der Waals surface area contributed by atoms with Crippen LogP contribution in [0.2, 0.25) is 0 Å². The number of nitrogens with one attached hydrogen (secondary N) is 1. The van der Waals surface area contributed by atoms with Crippen molar-refractivity contribution in [2.75, 3.05) is 18.2 Å². The smallest absolute Gasteiger partial charge is 0.345 e. The number of para-hydroxylation sites is 1. The predicted molar refractivity (Wildman–Crippen MR) is 125 cm³/mol. The van der Waals surface area contributed by atoms with E-state index >= 15 is 0 Å². The van der Waals surface area contributed by atoms with Gasteiger partial charge < -0.3 is 14.5 Å². The fourth-order valence-electron chi connectivity index (χ4n) is 2.97. The topological polar surface area (TPSA) is 81.4 Å². The van der Waals surface area contributed by atoms with Crippen LogP contribution < -0.4 is 15.7 Å². The van der Waals surface area contributed by atoms with E-state index in [9.17, 15) is 9.59 Å². The Morgan fingerprint density at radius 3 is 2.81 bits per heavy atom. The molecule has 0 saturated carbocycles. The summed E-state index contributed by atoms with van der Waals surface area (Å²) in [5, 5.41) is 5.85. The monoisotopic (exact) mass is 452 g/mol. The summed E-state index contributed by atoms with van der Waals surface area (Å²) in [6.45, 7) is 0. The van der Waals surface area contributed by atoms with Gasteiger partial charge in [0.05, 0.1) is 18.4 Å². The van der Waals surface area contributed by atoms with E-state index in [0.717, 1.165) is 28.2 Å². The number of methoxy groups -OCH3 is 1. The average molecular weight is 453 g/mol. The number of ether oxygens (including phenoxy) is 1. The molecular formula is C23H20N2O4S2. The SMILES string of the molecule is COc1ccc(SCCCC(=O)Nc2nc(-c3cc4ccccc4oc3=O)cs2)cc1. The van der Waals surface area contributed by atoms with Crippen LogP contribution in [0.25, 0.3) is 22.2 Å². The van der Waals surface area contributed by atoms with Gasteiger partial charge in [0.25, 0.3) is 0 Å². The first-order valence-electron chi connectivity index (χ1n) is 9.68. The van der Waals surface area contributed by atoms with E-state index in [2.05, 4.69) is 10.3 Å². The van der Waals surface area contributed by atoms with Crippen molar-refractivity contribution in [2.24, 2.45) is 0 Å². The van der Waals surface area contributed by atoms with Crippen LogP contribution in [0, 0.1) is 0 Å². The Bertz CT molecular complexity index is 1250. The van der Waals surface area contributed by atoms with Gasteiger partial charge in [-0.3, -0.25) is 4.79 Å². The van der Waals surface area contributed by atoms with Crippen LogP contribution in [0.4, 0.5) is 5.13 Å². The number of fused-ring (bicyclic) bond motifs is 1. The maximum Gasteiger partial charge on any atom is 0.345 e. The zero-order chi connectivity index (χ0) is 21.6. The third-order valence-corrected chi connectivity index (χ3v) is 6.40. The third-order valence-electron chi connectivity index (χ3n) is 4.54. The number of rotatable bonds is 8. The number of thiazole rings is 1. The second-order valence-electron chi connectivity index (χ2n) is 6.70. The Balaban J connectivity index is 1.31. The molecule has 1 amide bonds. The number of amides is 1. The van der Waals surface area contributed by atoms with Gasteiger partial charge in [-0.15, -0.1) is 23.1 Å². The zero-order valence-electron chi connectivity index (χ0n) is 16.8. The number of aromatic nitrogens is 1. The normalized spacial score (nSPS) is 10.9. The number of benzene rings is 2. The highest BCUT2D eigenvalue weighted by Gasteiger charge is 2.13. The molecular weight excluding hydrogens is 432 g/mol. The number of hydrogen-bond donors (Lipinski definition) is 1. The summed E-state index contributed by atoms with van der Waals surface area (Å²) in [5.41, 5.74) is 0.964. The number of carbonyl (C=O) groups is 1. The van der Waals surface area contributed by atoms with E-state index < -0.39 is 5.63 Å². The molecule has 0 unspecified atom stereocenters. The summed E-state index contributed by atoms with van der Waals surface area (Å²) in [7, 11) is 1.64. The van der Waals surface area contributed by atoms with Gasteiger partial charge >= 0.3 is 5.63 Å². The van der Waals surface area contributed by atoms with Crippen molar-refractivity contribution in [1.82, 2.24) is 4.98 Å². The van der Waals surface area contributed by atoms with E-state index in [1.807, 2.05) is 42.5 Å². The fraction of sp³-hybridized carbons (Fsp3) is 0.174. The van der Waals surface area contributed by atoms with Gasteiger partial charge in [-0.2, -0.15) is 0 Å². The van der Waals surface area contributed by atoms with Crippen molar-refractivity contribution in [3.8, 4) is 17.0 Å². The summed E-state index contributed by atoms with van der Waals surface area (Å²) in [6.07, 6.45) is 1.14. The maximum atomic E-state index is 12.3. The Morgan fingerprint density at radius 2 is 2.00 bits per heavy atom. The molecule has 0 radical (unpaired) electrons. The van der Waals surface area contributed by atoms with Crippen molar-refractivity contribution in [3.63, 3.8) is 0 Å². The predicted octanol–water partition coefficient (Wildman–Crippen LogP) is 5.44. The summed E-state index contributed by atoms with van der Waals surface area (Å²) >= 11 is 2.98. The molecule has 0 aliphatic rings. The number of thioether (sulfide) groups is 1. The molecule has 2 aromatic carbocycles. The lowest BCUT2D eigenvalue weighted by molar-refractivity contribution is -0.116. The molecule has 1 N–H and O–H groups in total. The van der Waals surface area contributed by atoms with Gasteiger partial charge in [-0.25, -0.2) is 9.78 Å². The standard InChI is InChI=1S/C23H20N2O4S2/c1-28-16-8-10-17(11-9-16)30-12-4-7-21(26)25-23-24-19(14-31-23)18-13-15-5-2-3-6-20(15)29-22(18)27/h2-3,5-6,8-11,13-14H,4,7,12H2,1H3,(H,24,25,26). The van der Waals surface area contributed by atoms with Crippen LogP contribution in [-0.2, 0) is 4.79 Å². The zero-order valence-corrected chi connectivity index (χ0v) is 18.4. The van der Waals surface area contributed by atoms with Gasteiger partial charge in [-0.1, -0.05) is 18.2 Å². The molecule has 6 nitrogen and oxygen atoms in total. The molecule has 0 spiro atoms. The van der Waals surface area contributed by atoms with Crippen LogP contribution in [-0.4, -0.2) is 23.8 Å². The molecule has 2 heterocycles. The number of anilines is 1. The summed E-state index contributed by atoms with van der Waals surface area (Å²) in [5.74, 6) is 1.57. The van der Waals surface area contributed by atoms with Crippen molar-refractivity contribution in [2.45, 2.75) is 17.7 Å². The first-order chi connectivity index (χ1) is 15.1. The van der Waals surface area contributed by atoms with Crippen molar-refractivity contribution in [1.29, 1.82) is 0 Å². The molecule has 31 heavy (non-hydrogen) atoms. The molecule has 0 fully saturated rings. The minimum Gasteiger partial charge on any atom is -0.497 e. The van der Waals surface area contributed by atoms with Crippen LogP contribution in [0.3, 0.4) is 0 Å². The van der Waals surface area contributed by atoms with Crippen molar-refractivity contribution in [3.05, 3.63) is 70.4 Å².